The first-order valence-electron chi connectivity index (χ1n) is 17.0. The van der Waals surface area contributed by atoms with E-state index in [0.717, 1.165) is 17.3 Å². The quantitative estimate of drug-likeness (QED) is 0.347. The molecule has 6 rings (SSSR count). The molecule has 3 fully saturated rings. The number of anilines is 2. The number of hydrogen-bond donors (Lipinski definition) is 3. The molecule has 2 aromatic rings. The number of nitrogens with zero attached hydrogens (tertiary/aromatic N) is 5. The molecule has 2 aromatic carbocycles. The van der Waals surface area contributed by atoms with Crippen LogP contribution >= 0.6 is 11.6 Å². The largest absolute Gasteiger partial charge is 0.480 e. The number of para-hydroxylation sites is 1. The Balaban J connectivity index is 1.10. The number of alkyl halides is 3. The Morgan fingerprint density at radius 3 is 2.33 bits per heavy atom. The molecule has 276 valence electrons. The Morgan fingerprint density at radius 2 is 1.67 bits per heavy atom. The second-order valence-electron chi connectivity index (χ2n) is 13.5. The van der Waals surface area contributed by atoms with Crippen LogP contribution in [0.2, 0.25) is 5.02 Å². The number of aliphatic carboxylic acids is 1. The SMILES string of the molecule is Nc1c(Cl)cc(C[C@@H](OC(=O)N2CCC(N3CCc4ccccc4NC3=O)CC2)C(=O)N2CCN(C3CN(CC(=O)O)C3)CC2)cc1C(F)(F)F. The van der Waals surface area contributed by atoms with Crippen molar-refractivity contribution in [3.05, 3.63) is 58.1 Å². The number of piperazine rings is 1. The number of likely N-dealkylation sites (tertiary alicyclic amines) is 2. The lowest BCUT2D eigenvalue weighted by Gasteiger charge is -2.48. The van der Waals surface area contributed by atoms with Crippen LogP contribution < -0.4 is 11.1 Å². The van der Waals surface area contributed by atoms with Gasteiger partial charge in [0.2, 0.25) is 0 Å². The topological polar surface area (TPSA) is 152 Å². The van der Waals surface area contributed by atoms with Gasteiger partial charge in [-0.2, -0.15) is 13.2 Å². The number of rotatable bonds is 8. The van der Waals surface area contributed by atoms with Gasteiger partial charge >= 0.3 is 24.3 Å². The number of ether oxygens (including phenoxy) is 1. The number of piperidine rings is 1. The smallest absolute Gasteiger partial charge is 0.418 e. The monoisotopic (exact) mass is 735 g/mol. The van der Waals surface area contributed by atoms with E-state index in [4.69, 9.17) is 27.2 Å². The molecule has 4 aliphatic rings. The van der Waals surface area contributed by atoms with Crippen LogP contribution in [-0.4, -0.2) is 137 Å². The van der Waals surface area contributed by atoms with Crippen LogP contribution in [0.5, 0.6) is 0 Å². The van der Waals surface area contributed by atoms with Gasteiger partial charge < -0.3 is 35.6 Å². The number of carbonyl (C=O) groups is 4. The number of amides is 4. The minimum atomic E-state index is -4.80. The third kappa shape index (κ3) is 8.45. The highest BCUT2D eigenvalue weighted by Crippen LogP contribution is 2.38. The Bertz CT molecular complexity index is 1640. The van der Waals surface area contributed by atoms with Gasteiger partial charge in [-0.15, -0.1) is 0 Å². The van der Waals surface area contributed by atoms with Gasteiger partial charge in [0.1, 0.15) is 0 Å². The normalized spacial score (nSPS) is 20.2. The molecule has 0 bridgehead atoms. The van der Waals surface area contributed by atoms with Gasteiger partial charge in [0.05, 0.1) is 22.8 Å². The number of carboxylic acid groups (broad SMARTS) is 1. The zero-order valence-corrected chi connectivity index (χ0v) is 28.7. The van der Waals surface area contributed by atoms with Crippen molar-refractivity contribution in [2.75, 3.05) is 76.5 Å². The maximum absolute atomic E-state index is 13.9. The number of benzene rings is 2. The molecule has 13 nitrogen and oxygen atoms in total. The van der Waals surface area contributed by atoms with Gasteiger partial charge in [-0.1, -0.05) is 29.8 Å². The Kier molecular flexibility index (Phi) is 10.8. The number of carboxylic acids is 1. The zero-order chi connectivity index (χ0) is 36.4. The average molecular weight is 736 g/mol. The van der Waals surface area contributed by atoms with E-state index < -0.39 is 41.5 Å². The second-order valence-corrected chi connectivity index (χ2v) is 13.9. The lowest BCUT2D eigenvalue weighted by molar-refractivity contribution is -0.145. The minimum Gasteiger partial charge on any atom is -0.480 e. The van der Waals surface area contributed by atoms with Crippen LogP contribution in [-0.2, 0) is 33.3 Å². The van der Waals surface area contributed by atoms with Gasteiger partial charge in [0, 0.05) is 83.1 Å². The third-order valence-corrected chi connectivity index (χ3v) is 10.5. The predicted octanol–water partition coefficient (Wildman–Crippen LogP) is 3.46. The third-order valence-electron chi connectivity index (χ3n) is 10.2. The number of nitrogens with two attached hydrogens (primary N) is 1. The van der Waals surface area contributed by atoms with Gasteiger partial charge in [-0.25, -0.2) is 9.59 Å². The molecular formula is C34H41ClF3N7O6. The molecular weight excluding hydrogens is 695 g/mol. The van der Waals surface area contributed by atoms with Crippen molar-refractivity contribution < 1.29 is 42.2 Å². The fraction of sp³-hybridized carbons (Fsp3) is 0.529. The maximum Gasteiger partial charge on any atom is 0.418 e. The number of urea groups is 1. The summed E-state index contributed by atoms with van der Waals surface area (Å²) in [7, 11) is 0. The van der Waals surface area contributed by atoms with E-state index in [1.807, 2.05) is 29.2 Å². The first-order chi connectivity index (χ1) is 24.3. The van der Waals surface area contributed by atoms with Crippen LogP contribution in [0.4, 0.5) is 34.1 Å². The first-order valence-corrected chi connectivity index (χ1v) is 17.4. The van der Waals surface area contributed by atoms with Crippen LogP contribution in [0.15, 0.2) is 36.4 Å². The summed E-state index contributed by atoms with van der Waals surface area (Å²) in [6, 6.07) is 9.52. The van der Waals surface area contributed by atoms with Gasteiger partial charge in [0.15, 0.2) is 6.10 Å². The maximum atomic E-state index is 13.9. The Labute approximate surface area is 298 Å². The van der Waals surface area contributed by atoms with Crippen molar-refractivity contribution in [1.82, 2.24) is 24.5 Å². The van der Waals surface area contributed by atoms with Crippen molar-refractivity contribution in [2.45, 2.75) is 50.0 Å². The molecule has 0 radical (unpaired) electrons. The molecule has 1 atom stereocenters. The number of carbonyl (C=O) groups excluding carboxylic acids is 3. The Hall–Kier alpha value is -4.28. The lowest BCUT2D eigenvalue weighted by atomic mass is 10.0. The molecule has 4 amide bonds. The molecule has 3 saturated heterocycles. The van der Waals surface area contributed by atoms with E-state index in [1.165, 1.54) is 15.9 Å². The minimum absolute atomic E-state index is 0.0335. The fourth-order valence-electron chi connectivity index (χ4n) is 7.32. The average Bonchev–Trinajstić information content (AvgIpc) is 3.24. The van der Waals surface area contributed by atoms with Crippen LogP contribution in [0, 0.1) is 0 Å². The van der Waals surface area contributed by atoms with Crippen molar-refractivity contribution in [3.63, 3.8) is 0 Å². The summed E-state index contributed by atoms with van der Waals surface area (Å²) in [5.41, 5.74) is 5.71. The van der Waals surface area contributed by atoms with Crippen molar-refractivity contribution in [1.29, 1.82) is 0 Å². The molecule has 0 aromatic heterocycles. The fourth-order valence-corrected chi connectivity index (χ4v) is 7.56. The molecule has 0 aliphatic carbocycles. The summed E-state index contributed by atoms with van der Waals surface area (Å²) in [6.07, 6.45) is -5.72. The molecule has 51 heavy (non-hydrogen) atoms. The molecule has 4 aliphatic heterocycles. The number of nitrogens with one attached hydrogen (secondary N) is 1. The van der Waals surface area contributed by atoms with Crippen LogP contribution in [0.3, 0.4) is 0 Å². The predicted molar refractivity (Wildman–Crippen MR) is 181 cm³/mol. The summed E-state index contributed by atoms with van der Waals surface area (Å²) in [6.45, 7) is 3.81. The summed E-state index contributed by atoms with van der Waals surface area (Å²) >= 11 is 6.08. The van der Waals surface area contributed by atoms with E-state index in [-0.39, 0.29) is 54.8 Å². The first kappa shape index (κ1) is 36.5. The molecule has 0 unspecified atom stereocenters. The summed E-state index contributed by atoms with van der Waals surface area (Å²) in [5.74, 6) is -1.43. The van der Waals surface area contributed by atoms with E-state index >= 15 is 0 Å². The summed E-state index contributed by atoms with van der Waals surface area (Å²) in [5, 5.41) is 11.7. The van der Waals surface area contributed by atoms with E-state index in [2.05, 4.69) is 10.2 Å². The van der Waals surface area contributed by atoms with Gasteiger partial charge in [0.25, 0.3) is 5.91 Å². The zero-order valence-electron chi connectivity index (χ0n) is 27.9. The highest BCUT2D eigenvalue weighted by molar-refractivity contribution is 6.33. The molecule has 0 spiro atoms. The van der Waals surface area contributed by atoms with Crippen LogP contribution in [0.1, 0.15) is 29.5 Å². The van der Waals surface area contributed by atoms with Gasteiger partial charge in [-0.05, 0) is 48.6 Å². The van der Waals surface area contributed by atoms with Gasteiger partial charge in [-0.3, -0.25) is 19.4 Å². The number of hydrogen-bond acceptors (Lipinski definition) is 8. The van der Waals surface area contributed by atoms with Crippen molar-refractivity contribution >= 4 is 47.0 Å². The number of fused-ring (bicyclic) bond motifs is 1. The molecule has 4 heterocycles. The van der Waals surface area contributed by atoms with E-state index in [9.17, 15) is 32.3 Å². The summed E-state index contributed by atoms with van der Waals surface area (Å²) < 4.78 is 47.1. The highest BCUT2D eigenvalue weighted by atomic mass is 35.5. The standard InChI is InChI=1S/C34H41ClF3N7O6/c35-26-16-21(15-25(30(26)39)34(36,37)38)17-28(31(48)43-13-11-42(12-14-43)24-18-41(19-24)20-29(46)47)51-33(50)44-8-6-23(7-9-44)45-10-5-22-3-1-2-4-27(22)40-32(45)49/h1-4,15-16,23-24,28H,5-14,17-20,39H2,(H,40,49)(H,46,47)/t28-/m1/s1. The van der Waals surface area contributed by atoms with Crippen molar-refractivity contribution in [3.8, 4) is 0 Å². The van der Waals surface area contributed by atoms with E-state index in [1.54, 1.807) is 4.90 Å². The molecule has 0 saturated carbocycles. The Morgan fingerprint density at radius 1 is 0.980 bits per heavy atom. The number of halogens is 4. The van der Waals surface area contributed by atoms with Crippen molar-refractivity contribution in [2.24, 2.45) is 0 Å². The lowest BCUT2D eigenvalue weighted by Crippen LogP contribution is -2.64. The number of nitrogen functional groups attached to an aromatic ring is 1. The second kappa shape index (κ2) is 15.1. The molecule has 4 N–H and O–H groups in total. The van der Waals surface area contributed by atoms with E-state index in [0.29, 0.717) is 65.1 Å². The summed E-state index contributed by atoms with van der Waals surface area (Å²) in [4.78, 5) is 60.3. The highest BCUT2D eigenvalue weighted by Gasteiger charge is 2.39. The van der Waals surface area contributed by atoms with Crippen LogP contribution in [0.25, 0.3) is 0 Å². The molecule has 17 heteroatoms.